The van der Waals surface area contributed by atoms with Gasteiger partial charge in [-0.3, -0.25) is 4.79 Å². The lowest BCUT2D eigenvalue weighted by atomic mass is 10.2. The minimum atomic E-state index is -0.156. The molecule has 0 aromatic heterocycles. The molecule has 2 aromatic rings. The van der Waals surface area contributed by atoms with E-state index in [4.69, 9.17) is 9.47 Å². The fourth-order valence-corrected chi connectivity index (χ4v) is 3.21. The number of amides is 1. The Morgan fingerprint density at radius 2 is 1.72 bits per heavy atom. The molecule has 1 N–H and O–H groups in total. The molecule has 2 aromatic carbocycles. The third-order valence-electron chi connectivity index (χ3n) is 3.50. The van der Waals surface area contributed by atoms with Gasteiger partial charge in [0, 0.05) is 11.4 Å². The molecule has 0 spiro atoms. The van der Waals surface area contributed by atoms with E-state index in [1.807, 2.05) is 69.3 Å². The lowest BCUT2D eigenvalue weighted by Gasteiger charge is -2.14. The fourth-order valence-electron chi connectivity index (χ4n) is 2.30. The van der Waals surface area contributed by atoms with E-state index in [0.29, 0.717) is 25.5 Å². The number of rotatable bonds is 9. The van der Waals surface area contributed by atoms with Crippen LogP contribution in [0, 0.1) is 0 Å². The summed E-state index contributed by atoms with van der Waals surface area (Å²) in [5, 5.41) is 2.83. The second-order valence-electron chi connectivity index (χ2n) is 5.44. The zero-order valence-corrected chi connectivity index (χ0v) is 15.8. The van der Waals surface area contributed by atoms with Crippen LogP contribution < -0.4 is 14.8 Å². The summed E-state index contributed by atoms with van der Waals surface area (Å²) in [7, 11) is 0. The molecule has 0 aliphatic rings. The van der Waals surface area contributed by atoms with Crippen molar-refractivity contribution in [2.45, 2.75) is 37.5 Å². The fraction of sp³-hybridized carbons (Fsp3) is 0.350. The molecular formula is C20H25NO3S. The number of ether oxygens (including phenoxy) is 2. The molecule has 0 aliphatic heterocycles. The van der Waals surface area contributed by atoms with Gasteiger partial charge in [-0.15, -0.1) is 11.8 Å². The van der Waals surface area contributed by atoms with Crippen LogP contribution in [0.25, 0.3) is 0 Å². The second-order valence-corrected chi connectivity index (χ2v) is 6.85. The van der Waals surface area contributed by atoms with E-state index in [2.05, 4.69) is 5.32 Å². The van der Waals surface area contributed by atoms with Gasteiger partial charge in [0.2, 0.25) is 5.91 Å². The van der Waals surface area contributed by atoms with Crippen LogP contribution in [0.1, 0.15) is 26.3 Å². The Kier molecular flexibility index (Phi) is 7.67. The van der Waals surface area contributed by atoms with Crippen molar-refractivity contribution in [3.8, 4) is 11.5 Å². The first-order valence-corrected chi connectivity index (χ1v) is 9.40. The van der Waals surface area contributed by atoms with E-state index in [1.165, 1.54) is 0 Å². The molecule has 0 saturated heterocycles. The van der Waals surface area contributed by atoms with Gasteiger partial charge in [0.15, 0.2) is 11.5 Å². The van der Waals surface area contributed by atoms with Crippen molar-refractivity contribution in [2.24, 2.45) is 0 Å². The normalized spacial score (nSPS) is 11.6. The van der Waals surface area contributed by atoms with Crippen LogP contribution in [0.5, 0.6) is 11.5 Å². The molecule has 1 atom stereocenters. The van der Waals surface area contributed by atoms with Gasteiger partial charge in [0.25, 0.3) is 0 Å². The molecule has 0 bridgehead atoms. The molecule has 2 rings (SSSR count). The monoisotopic (exact) mass is 359 g/mol. The van der Waals surface area contributed by atoms with Crippen LogP contribution in [0.2, 0.25) is 0 Å². The molecular weight excluding hydrogens is 334 g/mol. The SMILES string of the molecule is CCOc1ccc(CNC(=O)[C@@H](C)Sc2ccccc2)cc1OCC. The third-order valence-corrected chi connectivity index (χ3v) is 4.61. The summed E-state index contributed by atoms with van der Waals surface area (Å²) in [6.45, 7) is 7.41. The topological polar surface area (TPSA) is 47.6 Å². The van der Waals surface area contributed by atoms with Crippen molar-refractivity contribution in [3.63, 3.8) is 0 Å². The van der Waals surface area contributed by atoms with Gasteiger partial charge in [-0.25, -0.2) is 0 Å². The quantitative estimate of drug-likeness (QED) is 0.679. The van der Waals surface area contributed by atoms with E-state index < -0.39 is 0 Å². The summed E-state index contributed by atoms with van der Waals surface area (Å²) in [6, 6.07) is 15.7. The predicted octanol–water partition coefficient (Wildman–Crippen LogP) is 4.28. The highest BCUT2D eigenvalue weighted by molar-refractivity contribution is 8.00. The maximum Gasteiger partial charge on any atom is 0.233 e. The summed E-state index contributed by atoms with van der Waals surface area (Å²) < 4.78 is 11.2. The number of carbonyl (C=O) groups is 1. The largest absolute Gasteiger partial charge is 0.490 e. The van der Waals surface area contributed by atoms with Crippen LogP contribution in [0.15, 0.2) is 53.4 Å². The van der Waals surface area contributed by atoms with Crippen LogP contribution in [-0.4, -0.2) is 24.4 Å². The van der Waals surface area contributed by atoms with E-state index in [1.54, 1.807) is 11.8 Å². The molecule has 0 unspecified atom stereocenters. The molecule has 4 nitrogen and oxygen atoms in total. The first-order valence-electron chi connectivity index (χ1n) is 8.52. The van der Waals surface area contributed by atoms with Crippen molar-refractivity contribution < 1.29 is 14.3 Å². The Morgan fingerprint density at radius 3 is 2.40 bits per heavy atom. The van der Waals surface area contributed by atoms with Gasteiger partial charge in [-0.05, 0) is 50.6 Å². The van der Waals surface area contributed by atoms with Crippen LogP contribution >= 0.6 is 11.8 Å². The highest BCUT2D eigenvalue weighted by Gasteiger charge is 2.14. The van der Waals surface area contributed by atoms with E-state index in [0.717, 1.165) is 16.2 Å². The Bertz CT molecular complexity index is 676. The maximum absolute atomic E-state index is 12.3. The van der Waals surface area contributed by atoms with Gasteiger partial charge in [-0.1, -0.05) is 24.3 Å². The van der Waals surface area contributed by atoms with Crippen LogP contribution in [-0.2, 0) is 11.3 Å². The third kappa shape index (κ3) is 6.02. The average Bonchev–Trinajstić information content (AvgIpc) is 2.62. The zero-order chi connectivity index (χ0) is 18.1. The number of thioether (sulfide) groups is 1. The number of hydrogen-bond acceptors (Lipinski definition) is 4. The zero-order valence-electron chi connectivity index (χ0n) is 15.0. The summed E-state index contributed by atoms with van der Waals surface area (Å²) in [5.74, 6) is 1.45. The number of hydrogen-bond donors (Lipinski definition) is 1. The number of nitrogens with one attached hydrogen (secondary N) is 1. The Labute approximate surface area is 153 Å². The Balaban J connectivity index is 1.93. The van der Waals surface area contributed by atoms with Gasteiger partial charge in [0.1, 0.15) is 0 Å². The molecule has 134 valence electrons. The second kappa shape index (κ2) is 9.99. The molecule has 1 amide bonds. The molecule has 0 saturated carbocycles. The number of benzene rings is 2. The van der Waals surface area contributed by atoms with Crippen molar-refractivity contribution in [3.05, 3.63) is 54.1 Å². The van der Waals surface area contributed by atoms with Gasteiger partial charge < -0.3 is 14.8 Å². The standard InChI is InChI=1S/C20H25NO3S/c1-4-23-18-12-11-16(13-19(18)24-5-2)14-21-20(22)15(3)25-17-9-7-6-8-10-17/h6-13,15H,4-5,14H2,1-3H3,(H,21,22)/t15-/m1/s1. The van der Waals surface area contributed by atoms with E-state index in [-0.39, 0.29) is 11.2 Å². The smallest absolute Gasteiger partial charge is 0.233 e. The molecule has 25 heavy (non-hydrogen) atoms. The Morgan fingerprint density at radius 1 is 1.04 bits per heavy atom. The Hall–Kier alpha value is -2.14. The van der Waals surface area contributed by atoms with Gasteiger partial charge in [0.05, 0.1) is 18.5 Å². The minimum absolute atomic E-state index is 0.0145. The van der Waals surface area contributed by atoms with Gasteiger partial charge >= 0.3 is 0 Å². The van der Waals surface area contributed by atoms with Crippen LogP contribution in [0.3, 0.4) is 0 Å². The summed E-state index contributed by atoms with van der Waals surface area (Å²) in [6.07, 6.45) is 0. The lowest BCUT2D eigenvalue weighted by molar-refractivity contribution is -0.120. The average molecular weight is 359 g/mol. The summed E-state index contributed by atoms with van der Waals surface area (Å²) in [5.41, 5.74) is 0.983. The number of carbonyl (C=O) groups excluding carboxylic acids is 1. The van der Waals surface area contributed by atoms with Crippen LogP contribution in [0.4, 0.5) is 0 Å². The minimum Gasteiger partial charge on any atom is -0.490 e. The highest BCUT2D eigenvalue weighted by atomic mass is 32.2. The molecule has 0 radical (unpaired) electrons. The lowest BCUT2D eigenvalue weighted by Crippen LogP contribution is -2.30. The molecule has 0 heterocycles. The molecule has 0 aliphatic carbocycles. The first-order chi connectivity index (χ1) is 12.1. The molecule has 5 heteroatoms. The maximum atomic E-state index is 12.3. The van der Waals surface area contributed by atoms with Gasteiger partial charge in [-0.2, -0.15) is 0 Å². The van der Waals surface area contributed by atoms with Crippen molar-refractivity contribution in [2.75, 3.05) is 13.2 Å². The van der Waals surface area contributed by atoms with Crippen molar-refractivity contribution in [1.82, 2.24) is 5.32 Å². The van der Waals surface area contributed by atoms with E-state index >= 15 is 0 Å². The first kappa shape index (κ1) is 19.2. The van der Waals surface area contributed by atoms with E-state index in [9.17, 15) is 4.79 Å². The summed E-state index contributed by atoms with van der Waals surface area (Å²) in [4.78, 5) is 13.4. The highest BCUT2D eigenvalue weighted by Crippen LogP contribution is 2.28. The predicted molar refractivity (Wildman–Crippen MR) is 102 cm³/mol. The van der Waals surface area contributed by atoms with Crippen molar-refractivity contribution >= 4 is 17.7 Å². The van der Waals surface area contributed by atoms with Crippen molar-refractivity contribution in [1.29, 1.82) is 0 Å². The molecule has 0 fully saturated rings. The summed E-state index contributed by atoms with van der Waals surface area (Å²) >= 11 is 1.55.